The minimum atomic E-state index is -0.272. The van der Waals surface area contributed by atoms with Crippen molar-refractivity contribution >= 4 is 34.5 Å². The van der Waals surface area contributed by atoms with Gasteiger partial charge in [-0.25, -0.2) is 0 Å². The average Bonchev–Trinajstić information content (AvgIpc) is 2.67. The van der Waals surface area contributed by atoms with Gasteiger partial charge in [0.05, 0.1) is 5.52 Å². The molecular weight excluding hydrogens is 326 g/mol. The lowest BCUT2D eigenvalue weighted by Gasteiger charge is -2.06. The summed E-state index contributed by atoms with van der Waals surface area (Å²) in [4.78, 5) is 28.4. The summed E-state index contributed by atoms with van der Waals surface area (Å²) in [5.74, 6) is -0.438. The number of amides is 2. The lowest BCUT2D eigenvalue weighted by Crippen LogP contribution is -2.22. The molecule has 1 aromatic heterocycles. The van der Waals surface area contributed by atoms with E-state index in [9.17, 15) is 9.59 Å². The van der Waals surface area contributed by atoms with Crippen LogP contribution in [0, 0.1) is 0 Å². The summed E-state index contributed by atoms with van der Waals surface area (Å²) in [6, 6.07) is 16.5. The van der Waals surface area contributed by atoms with Gasteiger partial charge in [0.25, 0.3) is 5.91 Å². The van der Waals surface area contributed by atoms with Gasteiger partial charge in [-0.2, -0.15) is 0 Å². The normalized spacial score (nSPS) is 10.8. The molecule has 0 aliphatic carbocycles. The highest BCUT2D eigenvalue weighted by atomic mass is 16.2. The second-order valence-corrected chi connectivity index (χ2v) is 5.69. The molecule has 2 amide bonds. The number of hydrogen-bond acceptors (Lipinski definition) is 3. The van der Waals surface area contributed by atoms with Crippen LogP contribution in [0.3, 0.4) is 0 Å². The molecule has 0 bridgehead atoms. The molecule has 26 heavy (non-hydrogen) atoms. The van der Waals surface area contributed by atoms with Crippen molar-refractivity contribution in [3.8, 4) is 0 Å². The molecule has 0 radical (unpaired) electrons. The molecule has 0 fully saturated rings. The first-order valence-electron chi connectivity index (χ1n) is 8.38. The Morgan fingerprint density at radius 3 is 2.73 bits per heavy atom. The van der Waals surface area contributed by atoms with E-state index in [1.54, 1.807) is 36.5 Å². The summed E-state index contributed by atoms with van der Waals surface area (Å²) in [7, 11) is 0. The molecule has 5 heteroatoms. The topological polar surface area (TPSA) is 71.1 Å². The summed E-state index contributed by atoms with van der Waals surface area (Å²) < 4.78 is 0. The van der Waals surface area contributed by atoms with E-state index < -0.39 is 0 Å². The van der Waals surface area contributed by atoms with Crippen LogP contribution in [0.4, 0.5) is 5.69 Å². The molecule has 2 N–H and O–H groups in total. The third-order valence-electron chi connectivity index (χ3n) is 3.81. The Bertz CT molecular complexity index is 974. The van der Waals surface area contributed by atoms with Crippen LogP contribution < -0.4 is 10.6 Å². The quantitative estimate of drug-likeness (QED) is 0.694. The van der Waals surface area contributed by atoms with Gasteiger partial charge in [0.15, 0.2) is 0 Å². The fraction of sp³-hybridized carbons (Fsp3) is 0.0952. The average molecular weight is 345 g/mol. The molecule has 3 rings (SSSR count). The van der Waals surface area contributed by atoms with Crippen LogP contribution in [-0.4, -0.2) is 23.3 Å². The SMILES string of the molecule is CCNC(=O)c1cccc(NC(=O)/C=C/c2cccc3cccnc23)c1. The van der Waals surface area contributed by atoms with Gasteiger partial charge in [0.1, 0.15) is 0 Å². The summed E-state index contributed by atoms with van der Waals surface area (Å²) in [5.41, 5.74) is 2.79. The van der Waals surface area contributed by atoms with E-state index >= 15 is 0 Å². The molecule has 0 unspecified atom stereocenters. The maximum Gasteiger partial charge on any atom is 0.251 e. The van der Waals surface area contributed by atoms with E-state index in [0.29, 0.717) is 17.8 Å². The molecule has 0 aliphatic heterocycles. The van der Waals surface area contributed by atoms with Gasteiger partial charge in [0.2, 0.25) is 5.91 Å². The van der Waals surface area contributed by atoms with Crippen molar-refractivity contribution < 1.29 is 9.59 Å². The van der Waals surface area contributed by atoms with Crippen molar-refractivity contribution in [3.05, 3.63) is 78.0 Å². The maximum atomic E-state index is 12.2. The van der Waals surface area contributed by atoms with Crippen LogP contribution in [-0.2, 0) is 4.79 Å². The van der Waals surface area contributed by atoms with Crippen molar-refractivity contribution in [2.24, 2.45) is 0 Å². The third-order valence-corrected chi connectivity index (χ3v) is 3.81. The number of carbonyl (C=O) groups excluding carboxylic acids is 2. The Morgan fingerprint density at radius 2 is 1.88 bits per heavy atom. The van der Waals surface area contributed by atoms with Gasteiger partial charge in [-0.05, 0) is 37.3 Å². The summed E-state index contributed by atoms with van der Waals surface area (Å²) >= 11 is 0. The van der Waals surface area contributed by atoms with Gasteiger partial charge in [-0.3, -0.25) is 14.6 Å². The minimum absolute atomic E-state index is 0.166. The first kappa shape index (κ1) is 17.4. The van der Waals surface area contributed by atoms with Crippen LogP contribution in [0.2, 0.25) is 0 Å². The Morgan fingerprint density at radius 1 is 1.08 bits per heavy atom. The van der Waals surface area contributed by atoms with Gasteiger partial charge >= 0.3 is 0 Å². The number of aromatic nitrogens is 1. The zero-order valence-electron chi connectivity index (χ0n) is 14.4. The third kappa shape index (κ3) is 4.13. The summed E-state index contributed by atoms with van der Waals surface area (Å²) in [5, 5.41) is 6.52. The van der Waals surface area contributed by atoms with E-state index in [0.717, 1.165) is 16.5 Å². The molecule has 0 saturated heterocycles. The molecule has 0 spiro atoms. The number of nitrogens with one attached hydrogen (secondary N) is 2. The summed E-state index contributed by atoms with van der Waals surface area (Å²) in [6.07, 6.45) is 4.92. The van der Waals surface area contributed by atoms with Crippen LogP contribution in [0.1, 0.15) is 22.8 Å². The van der Waals surface area contributed by atoms with E-state index in [4.69, 9.17) is 0 Å². The Labute approximate surface area is 151 Å². The second-order valence-electron chi connectivity index (χ2n) is 5.69. The van der Waals surface area contributed by atoms with E-state index in [-0.39, 0.29) is 11.8 Å². The first-order chi connectivity index (χ1) is 12.7. The second kappa shape index (κ2) is 8.07. The van der Waals surface area contributed by atoms with E-state index in [1.165, 1.54) is 6.08 Å². The molecule has 0 atom stereocenters. The van der Waals surface area contributed by atoms with Crippen molar-refractivity contribution in [1.82, 2.24) is 10.3 Å². The Balaban J connectivity index is 1.73. The molecule has 1 heterocycles. The number of pyridine rings is 1. The molecule has 0 saturated carbocycles. The van der Waals surface area contributed by atoms with Crippen LogP contribution in [0.25, 0.3) is 17.0 Å². The van der Waals surface area contributed by atoms with Crippen molar-refractivity contribution in [2.75, 3.05) is 11.9 Å². The predicted octanol–water partition coefficient (Wildman–Crippen LogP) is 3.64. The number of hydrogen-bond donors (Lipinski definition) is 2. The molecule has 5 nitrogen and oxygen atoms in total. The van der Waals surface area contributed by atoms with Gasteiger partial charge < -0.3 is 10.6 Å². The van der Waals surface area contributed by atoms with Gasteiger partial charge in [0, 0.05) is 41.0 Å². The van der Waals surface area contributed by atoms with Crippen molar-refractivity contribution in [2.45, 2.75) is 6.92 Å². The van der Waals surface area contributed by atoms with E-state index in [2.05, 4.69) is 15.6 Å². The number of anilines is 1. The molecule has 2 aromatic carbocycles. The smallest absolute Gasteiger partial charge is 0.251 e. The van der Waals surface area contributed by atoms with Gasteiger partial charge in [-0.1, -0.05) is 30.3 Å². The van der Waals surface area contributed by atoms with Gasteiger partial charge in [-0.15, -0.1) is 0 Å². The minimum Gasteiger partial charge on any atom is -0.352 e. The number of rotatable bonds is 5. The zero-order valence-corrected chi connectivity index (χ0v) is 14.4. The fourth-order valence-corrected chi connectivity index (χ4v) is 2.61. The number of nitrogens with zero attached hydrogens (tertiary/aromatic N) is 1. The maximum absolute atomic E-state index is 12.2. The number of carbonyl (C=O) groups is 2. The Hall–Kier alpha value is -3.47. The summed E-state index contributed by atoms with van der Waals surface area (Å²) in [6.45, 7) is 2.41. The zero-order chi connectivity index (χ0) is 18.4. The Kier molecular flexibility index (Phi) is 5.39. The van der Waals surface area contributed by atoms with Crippen LogP contribution in [0.5, 0.6) is 0 Å². The standard InChI is InChI=1S/C21H19N3O2/c1-2-22-21(26)17-8-4-10-18(14-17)24-19(25)12-11-16-7-3-6-15-9-5-13-23-20(15)16/h3-14H,2H2,1H3,(H,22,26)(H,24,25)/b12-11+. The first-order valence-corrected chi connectivity index (χ1v) is 8.38. The predicted molar refractivity (Wildman–Crippen MR) is 104 cm³/mol. The highest BCUT2D eigenvalue weighted by Gasteiger charge is 2.06. The number of benzene rings is 2. The monoisotopic (exact) mass is 345 g/mol. The molecule has 3 aromatic rings. The fourth-order valence-electron chi connectivity index (χ4n) is 2.61. The highest BCUT2D eigenvalue weighted by Crippen LogP contribution is 2.17. The molecule has 130 valence electrons. The van der Waals surface area contributed by atoms with Crippen LogP contribution in [0.15, 0.2) is 66.9 Å². The van der Waals surface area contributed by atoms with Crippen molar-refractivity contribution in [1.29, 1.82) is 0 Å². The van der Waals surface area contributed by atoms with Crippen molar-refractivity contribution in [3.63, 3.8) is 0 Å². The highest BCUT2D eigenvalue weighted by molar-refractivity contribution is 6.04. The molecule has 0 aliphatic rings. The lowest BCUT2D eigenvalue weighted by atomic mass is 10.1. The lowest BCUT2D eigenvalue weighted by molar-refractivity contribution is -0.111. The number of para-hydroxylation sites is 1. The molecular formula is C21H19N3O2. The van der Waals surface area contributed by atoms with E-state index in [1.807, 2.05) is 37.3 Å². The number of fused-ring (bicyclic) bond motifs is 1. The largest absolute Gasteiger partial charge is 0.352 e. The van der Waals surface area contributed by atoms with Crippen LogP contribution >= 0.6 is 0 Å².